The van der Waals surface area contributed by atoms with Crippen molar-refractivity contribution < 1.29 is 5.11 Å². The normalized spacial score (nSPS) is 37.7. The van der Waals surface area contributed by atoms with Gasteiger partial charge in [-0.15, -0.1) is 0 Å². The van der Waals surface area contributed by atoms with Gasteiger partial charge in [0.15, 0.2) is 0 Å². The third kappa shape index (κ3) is 4.17. The molecule has 1 saturated heterocycles. The lowest BCUT2D eigenvalue weighted by Crippen LogP contribution is -2.48. The van der Waals surface area contributed by atoms with Crippen LogP contribution in [0.3, 0.4) is 0 Å². The molecule has 2 fully saturated rings. The molecule has 1 saturated carbocycles. The molecule has 0 aromatic heterocycles. The lowest BCUT2D eigenvalue weighted by atomic mass is 9.73. The van der Waals surface area contributed by atoms with Crippen molar-refractivity contribution in [1.29, 1.82) is 0 Å². The van der Waals surface area contributed by atoms with Gasteiger partial charge in [0.05, 0.1) is 6.10 Å². The lowest BCUT2D eigenvalue weighted by Gasteiger charge is -2.41. The van der Waals surface area contributed by atoms with Crippen LogP contribution >= 0.6 is 0 Å². The fourth-order valence-corrected chi connectivity index (χ4v) is 4.02. The van der Waals surface area contributed by atoms with Crippen molar-refractivity contribution in [2.24, 2.45) is 17.8 Å². The van der Waals surface area contributed by atoms with E-state index in [0.717, 1.165) is 37.1 Å². The van der Waals surface area contributed by atoms with Crippen molar-refractivity contribution in [2.45, 2.75) is 58.1 Å². The Labute approximate surface area is 118 Å². The monoisotopic (exact) mass is 268 g/mol. The summed E-state index contributed by atoms with van der Waals surface area (Å²) in [4.78, 5) is 2.49. The molecule has 19 heavy (non-hydrogen) atoms. The Kier molecular flexibility index (Phi) is 5.67. The van der Waals surface area contributed by atoms with Gasteiger partial charge >= 0.3 is 0 Å². The molecule has 4 unspecified atom stereocenters. The average molecular weight is 268 g/mol. The number of nitrogens with one attached hydrogen (secondary N) is 1. The molecule has 0 amide bonds. The first kappa shape index (κ1) is 15.3. The van der Waals surface area contributed by atoms with Crippen LogP contribution < -0.4 is 5.32 Å². The molecular formula is C16H32N2O. The van der Waals surface area contributed by atoms with E-state index in [1.807, 2.05) is 0 Å². The highest BCUT2D eigenvalue weighted by molar-refractivity contribution is 4.88. The number of β-amino-alcohol motifs (C(OH)–C–C–N with tert-alkyl or cyclic N) is 1. The maximum atomic E-state index is 9.82. The standard InChI is InChI=1S/C16H32N2O/c1-12(2)13-6-7-16(17-3)14(9-13)10-18-8-4-5-15(19)11-18/h12-17,19H,4-11H2,1-3H3. The molecule has 1 aliphatic carbocycles. The highest BCUT2D eigenvalue weighted by atomic mass is 16.3. The third-order valence-corrected chi connectivity index (χ3v) is 5.31. The molecule has 3 heteroatoms. The van der Waals surface area contributed by atoms with Crippen molar-refractivity contribution in [3.63, 3.8) is 0 Å². The van der Waals surface area contributed by atoms with Crippen LogP contribution in [-0.4, -0.2) is 48.8 Å². The van der Waals surface area contributed by atoms with Gasteiger partial charge in [0, 0.05) is 19.1 Å². The van der Waals surface area contributed by atoms with Gasteiger partial charge in [0.25, 0.3) is 0 Å². The Morgan fingerprint density at radius 1 is 1.26 bits per heavy atom. The Bertz CT molecular complexity index is 269. The molecule has 2 N–H and O–H groups in total. The molecule has 0 radical (unpaired) electrons. The van der Waals surface area contributed by atoms with Gasteiger partial charge in [-0.25, -0.2) is 0 Å². The molecule has 112 valence electrons. The van der Waals surface area contributed by atoms with E-state index < -0.39 is 0 Å². The summed E-state index contributed by atoms with van der Waals surface area (Å²) in [5, 5.41) is 13.3. The van der Waals surface area contributed by atoms with Gasteiger partial charge in [0.1, 0.15) is 0 Å². The maximum absolute atomic E-state index is 9.82. The number of nitrogens with zero attached hydrogens (tertiary/aromatic N) is 1. The van der Waals surface area contributed by atoms with E-state index in [-0.39, 0.29) is 6.10 Å². The van der Waals surface area contributed by atoms with Crippen molar-refractivity contribution in [3.8, 4) is 0 Å². The number of likely N-dealkylation sites (tertiary alicyclic amines) is 1. The predicted octanol–water partition coefficient (Wildman–Crippen LogP) is 2.10. The second-order valence-electron chi connectivity index (χ2n) is 7.03. The predicted molar refractivity (Wildman–Crippen MR) is 80.2 cm³/mol. The van der Waals surface area contributed by atoms with Crippen LogP contribution in [0.15, 0.2) is 0 Å². The molecule has 1 aliphatic heterocycles. The third-order valence-electron chi connectivity index (χ3n) is 5.31. The first-order chi connectivity index (χ1) is 9.10. The lowest BCUT2D eigenvalue weighted by molar-refractivity contribution is 0.0463. The van der Waals surface area contributed by atoms with Crippen molar-refractivity contribution in [1.82, 2.24) is 10.2 Å². The van der Waals surface area contributed by atoms with Gasteiger partial charge < -0.3 is 15.3 Å². The summed E-state index contributed by atoms with van der Waals surface area (Å²) in [6.07, 6.45) is 6.11. The van der Waals surface area contributed by atoms with E-state index in [0.29, 0.717) is 6.04 Å². The first-order valence-corrected chi connectivity index (χ1v) is 8.17. The first-order valence-electron chi connectivity index (χ1n) is 8.17. The summed E-state index contributed by atoms with van der Waals surface area (Å²) in [5.74, 6) is 2.47. The number of piperidine rings is 1. The number of hydrogen-bond acceptors (Lipinski definition) is 3. The second-order valence-corrected chi connectivity index (χ2v) is 7.03. The molecule has 0 spiro atoms. The van der Waals surface area contributed by atoms with Crippen LogP contribution in [0.25, 0.3) is 0 Å². The van der Waals surface area contributed by atoms with Crippen molar-refractivity contribution in [2.75, 3.05) is 26.7 Å². The van der Waals surface area contributed by atoms with Gasteiger partial charge in [-0.2, -0.15) is 0 Å². The summed E-state index contributed by atoms with van der Waals surface area (Å²) in [6.45, 7) is 7.97. The number of hydrogen-bond donors (Lipinski definition) is 2. The van der Waals surface area contributed by atoms with Crippen LogP contribution in [0.2, 0.25) is 0 Å². The van der Waals surface area contributed by atoms with Gasteiger partial charge in [-0.1, -0.05) is 13.8 Å². The van der Waals surface area contributed by atoms with Crippen LogP contribution in [0.4, 0.5) is 0 Å². The van der Waals surface area contributed by atoms with Gasteiger partial charge in [0.2, 0.25) is 0 Å². The number of rotatable bonds is 4. The summed E-state index contributed by atoms with van der Waals surface area (Å²) in [7, 11) is 2.11. The zero-order valence-electron chi connectivity index (χ0n) is 12.9. The van der Waals surface area contributed by atoms with Crippen LogP contribution in [0.1, 0.15) is 46.0 Å². The Balaban J connectivity index is 1.90. The minimum absolute atomic E-state index is 0.0914. The second kappa shape index (κ2) is 7.05. The van der Waals surface area contributed by atoms with E-state index in [9.17, 15) is 5.11 Å². The molecule has 1 heterocycles. The van der Waals surface area contributed by atoms with E-state index in [1.54, 1.807) is 0 Å². The molecule has 2 aliphatic rings. The summed E-state index contributed by atoms with van der Waals surface area (Å²) < 4.78 is 0. The Morgan fingerprint density at radius 2 is 2.05 bits per heavy atom. The Morgan fingerprint density at radius 3 is 2.68 bits per heavy atom. The molecule has 0 bridgehead atoms. The van der Waals surface area contributed by atoms with Gasteiger partial charge in [-0.05, 0) is 63.5 Å². The Hall–Kier alpha value is -0.120. The largest absolute Gasteiger partial charge is 0.392 e. The zero-order chi connectivity index (χ0) is 13.8. The van der Waals surface area contributed by atoms with Crippen molar-refractivity contribution in [3.05, 3.63) is 0 Å². The number of aliphatic hydroxyl groups excluding tert-OH is 1. The van der Waals surface area contributed by atoms with E-state index in [1.165, 1.54) is 32.4 Å². The highest BCUT2D eigenvalue weighted by Gasteiger charge is 2.32. The maximum Gasteiger partial charge on any atom is 0.0667 e. The summed E-state index contributed by atoms with van der Waals surface area (Å²) in [6, 6.07) is 0.675. The minimum atomic E-state index is -0.0914. The van der Waals surface area contributed by atoms with E-state index >= 15 is 0 Å². The molecule has 2 rings (SSSR count). The fraction of sp³-hybridized carbons (Fsp3) is 1.00. The van der Waals surface area contributed by atoms with Crippen LogP contribution in [0.5, 0.6) is 0 Å². The molecular weight excluding hydrogens is 236 g/mol. The van der Waals surface area contributed by atoms with Gasteiger partial charge in [-0.3, -0.25) is 0 Å². The van der Waals surface area contributed by atoms with Crippen LogP contribution in [0, 0.1) is 17.8 Å². The minimum Gasteiger partial charge on any atom is -0.392 e. The number of aliphatic hydroxyl groups is 1. The highest BCUT2D eigenvalue weighted by Crippen LogP contribution is 2.34. The SMILES string of the molecule is CNC1CCC(C(C)C)CC1CN1CCCC(O)C1. The van der Waals surface area contributed by atoms with E-state index in [2.05, 4.69) is 31.1 Å². The van der Waals surface area contributed by atoms with E-state index in [4.69, 9.17) is 0 Å². The van der Waals surface area contributed by atoms with Crippen molar-refractivity contribution >= 4 is 0 Å². The molecule has 3 nitrogen and oxygen atoms in total. The van der Waals surface area contributed by atoms with Crippen LogP contribution in [-0.2, 0) is 0 Å². The fourth-order valence-electron chi connectivity index (χ4n) is 4.02. The molecule has 4 atom stereocenters. The summed E-state index contributed by atoms with van der Waals surface area (Å²) in [5.41, 5.74) is 0. The average Bonchev–Trinajstić information content (AvgIpc) is 2.38. The summed E-state index contributed by atoms with van der Waals surface area (Å²) >= 11 is 0. The zero-order valence-corrected chi connectivity index (χ0v) is 12.9. The topological polar surface area (TPSA) is 35.5 Å². The smallest absolute Gasteiger partial charge is 0.0667 e. The molecule has 0 aromatic rings. The molecule has 0 aromatic carbocycles. The quantitative estimate of drug-likeness (QED) is 0.820.